The lowest BCUT2D eigenvalue weighted by molar-refractivity contribution is -0.384. The van der Waals surface area contributed by atoms with Crippen molar-refractivity contribution in [1.29, 1.82) is 0 Å². The zero-order chi connectivity index (χ0) is 16.6. The van der Waals surface area contributed by atoms with Gasteiger partial charge in [-0.15, -0.1) is 11.3 Å². The highest BCUT2D eigenvalue weighted by Gasteiger charge is 2.18. The van der Waals surface area contributed by atoms with Crippen LogP contribution in [0.15, 0.2) is 42.5 Å². The Hall–Kier alpha value is -2.44. The van der Waals surface area contributed by atoms with Crippen molar-refractivity contribution in [2.45, 2.75) is 6.92 Å². The molecular weight excluding hydrogens is 336 g/mol. The molecule has 0 saturated carbocycles. The lowest BCUT2D eigenvalue weighted by Gasteiger charge is -2.03. The predicted molar refractivity (Wildman–Crippen MR) is 92.6 cm³/mol. The summed E-state index contributed by atoms with van der Waals surface area (Å²) < 4.78 is 0.930. The maximum atomic E-state index is 12.4. The Kier molecular flexibility index (Phi) is 4.02. The second kappa shape index (κ2) is 5.98. The van der Waals surface area contributed by atoms with E-state index < -0.39 is 4.92 Å². The number of carbonyl (C=O) groups excluding carboxylic acids is 1. The molecule has 0 aliphatic rings. The average molecular weight is 347 g/mol. The minimum absolute atomic E-state index is 0.0825. The van der Waals surface area contributed by atoms with Gasteiger partial charge in [-0.3, -0.25) is 14.9 Å². The van der Waals surface area contributed by atoms with E-state index >= 15 is 0 Å². The average Bonchev–Trinajstić information content (AvgIpc) is 2.84. The van der Waals surface area contributed by atoms with Crippen molar-refractivity contribution in [1.82, 2.24) is 0 Å². The molecular formula is C16H11ClN2O3S. The third-order valence-corrected chi connectivity index (χ3v) is 4.96. The number of halogens is 1. The lowest BCUT2D eigenvalue weighted by atomic mass is 10.2. The van der Waals surface area contributed by atoms with Gasteiger partial charge in [-0.1, -0.05) is 29.8 Å². The summed E-state index contributed by atoms with van der Waals surface area (Å²) in [5.74, 6) is -0.380. The van der Waals surface area contributed by atoms with Crippen LogP contribution in [0.2, 0.25) is 5.02 Å². The minimum Gasteiger partial charge on any atom is -0.321 e. The molecule has 0 spiro atoms. The number of aryl methyl sites for hydroxylation is 1. The van der Waals surface area contributed by atoms with E-state index in [1.165, 1.54) is 29.5 Å². The number of nitrogens with zero attached hydrogens (tertiary/aromatic N) is 1. The lowest BCUT2D eigenvalue weighted by Crippen LogP contribution is -2.10. The van der Waals surface area contributed by atoms with E-state index in [1.54, 1.807) is 6.07 Å². The predicted octanol–water partition coefficient (Wildman–Crippen LogP) is 5.02. The van der Waals surface area contributed by atoms with Crippen LogP contribution in [0.25, 0.3) is 10.1 Å². The van der Waals surface area contributed by atoms with Crippen LogP contribution < -0.4 is 5.32 Å². The number of thiophene rings is 1. The Morgan fingerprint density at radius 3 is 2.78 bits per heavy atom. The molecule has 0 aliphatic heterocycles. The summed E-state index contributed by atoms with van der Waals surface area (Å²) in [4.78, 5) is 23.1. The van der Waals surface area contributed by atoms with Gasteiger partial charge in [-0.05, 0) is 24.6 Å². The van der Waals surface area contributed by atoms with E-state index in [1.807, 2.05) is 25.1 Å². The van der Waals surface area contributed by atoms with Crippen molar-refractivity contribution in [3.63, 3.8) is 0 Å². The largest absolute Gasteiger partial charge is 0.321 e. The monoisotopic (exact) mass is 346 g/mol. The normalized spacial score (nSPS) is 10.7. The zero-order valence-corrected chi connectivity index (χ0v) is 13.6. The van der Waals surface area contributed by atoms with Crippen molar-refractivity contribution in [2.24, 2.45) is 0 Å². The molecule has 0 aliphatic carbocycles. The molecule has 23 heavy (non-hydrogen) atoms. The summed E-state index contributed by atoms with van der Waals surface area (Å²) in [5, 5.41) is 14.7. The topological polar surface area (TPSA) is 72.2 Å². The second-order valence-electron chi connectivity index (χ2n) is 5.01. The smallest absolute Gasteiger partial charge is 0.271 e. The van der Waals surface area contributed by atoms with Crippen LogP contribution >= 0.6 is 22.9 Å². The molecule has 0 radical (unpaired) electrons. The number of rotatable bonds is 3. The highest BCUT2D eigenvalue weighted by atomic mass is 35.5. The van der Waals surface area contributed by atoms with Gasteiger partial charge in [0.05, 0.1) is 9.95 Å². The van der Waals surface area contributed by atoms with Crippen molar-refractivity contribution in [2.75, 3.05) is 5.32 Å². The van der Waals surface area contributed by atoms with Crippen LogP contribution in [0.3, 0.4) is 0 Å². The Morgan fingerprint density at radius 1 is 1.26 bits per heavy atom. The van der Waals surface area contributed by atoms with Crippen LogP contribution in [0, 0.1) is 17.0 Å². The molecule has 0 unspecified atom stereocenters. The number of nitro benzene ring substituents is 1. The molecule has 0 saturated heterocycles. The van der Waals surface area contributed by atoms with Crippen LogP contribution in [-0.2, 0) is 0 Å². The Morgan fingerprint density at radius 2 is 2.04 bits per heavy atom. The molecule has 0 bridgehead atoms. The summed E-state index contributed by atoms with van der Waals surface area (Å²) in [6.45, 7) is 1.97. The molecule has 0 fully saturated rings. The van der Waals surface area contributed by atoms with E-state index in [2.05, 4.69) is 5.32 Å². The second-order valence-corrected chi connectivity index (χ2v) is 6.44. The maximum Gasteiger partial charge on any atom is 0.271 e. The number of hydrogen-bond acceptors (Lipinski definition) is 4. The highest BCUT2D eigenvalue weighted by Crippen LogP contribution is 2.36. The van der Waals surface area contributed by atoms with E-state index in [-0.39, 0.29) is 11.6 Å². The van der Waals surface area contributed by atoms with Gasteiger partial charge >= 0.3 is 0 Å². The minimum atomic E-state index is -0.509. The van der Waals surface area contributed by atoms with Crippen LogP contribution in [0.1, 0.15) is 15.2 Å². The van der Waals surface area contributed by atoms with Crippen molar-refractivity contribution in [3.8, 4) is 0 Å². The molecule has 3 aromatic rings. The van der Waals surface area contributed by atoms with Gasteiger partial charge in [0.2, 0.25) is 0 Å². The first-order valence-electron chi connectivity index (χ1n) is 6.70. The Balaban J connectivity index is 1.93. The third kappa shape index (κ3) is 3.04. The third-order valence-electron chi connectivity index (χ3n) is 3.31. The summed E-state index contributed by atoms with van der Waals surface area (Å²) in [5.41, 5.74) is 1.36. The fourth-order valence-electron chi connectivity index (χ4n) is 2.20. The maximum absolute atomic E-state index is 12.4. The van der Waals surface area contributed by atoms with Gasteiger partial charge in [-0.25, -0.2) is 0 Å². The first kappa shape index (κ1) is 15.5. The molecule has 1 N–H and O–H groups in total. The van der Waals surface area contributed by atoms with Crippen LogP contribution in [0.5, 0.6) is 0 Å². The highest BCUT2D eigenvalue weighted by molar-refractivity contribution is 7.21. The van der Waals surface area contributed by atoms with E-state index in [0.29, 0.717) is 15.6 Å². The molecule has 7 heteroatoms. The van der Waals surface area contributed by atoms with E-state index in [4.69, 9.17) is 11.6 Å². The van der Waals surface area contributed by atoms with Crippen LogP contribution in [0.4, 0.5) is 11.4 Å². The Bertz CT molecular complexity index is 936. The molecule has 3 rings (SSSR count). The molecule has 0 atom stereocenters. The standard InChI is InChI=1S/C16H11ClN2O3S/c1-9-5-6-12-13(7-9)23-15(14(12)17)16(20)18-10-3-2-4-11(8-10)19(21)22/h2-8H,1H3,(H,18,20). The van der Waals surface area contributed by atoms with Crippen molar-refractivity contribution >= 4 is 50.3 Å². The van der Waals surface area contributed by atoms with Gasteiger partial charge in [0, 0.05) is 27.9 Å². The fourth-order valence-corrected chi connectivity index (χ4v) is 3.71. The summed E-state index contributed by atoms with van der Waals surface area (Å²) >= 11 is 7.59. The van der Waals surface area contributed by atoms with E-state index in [0.717, 1.165) is 15.6 Å². The molecule has 1 heterocycles. The number of amides is 1. The number of nitrogens with one attached hydrogen (secondary N) is 1. The first-order chi connectivity index (χ1) is 11.0. The Labute approximate surface area is 140 Å². The number of benzene rings is 2. The first-order valence-corrected chi connectivity index (χ1v) is 7.89. The van der Waals surface area contributed by atoms with Gasteiger partial charge in [-0.2, -0.15) is 0 Å². The fraction of sp³-hybridized carbons (Fsp3) is 0.0625. The number of hydrogen-bond donors (Lipinski definition) is 1. The van der Waals surface area contributed by atoms with Gasteiger partial charge in [0.15, 0.2) is 0 Å². The molecule has 2 aromatic carbocycles. The number of carbonyl (C=O) groups is 1. The number of nitro groups is 1. The summed E-state index contributed by atoms with van der Waals surface area (Å²) in [7, 11) is 0. The van der Waals surface area contributed by atoms with Gasteiger partial charge in [0.25, 0.3) is 11.6 Å². The summed E-state index contributed by atoms with van der Waals surface area (Å²) in [6.07, 6.45) is 0. The zero-order valence-electron chi connectivity index (χ0n) is 12.0. The van der Waals surface area contributed by atoms with Gasteiger partial charge < -0.3 is 5.32 Å². The molecule has 1 aromatic heterocycles. The van der Waals surface area contributed by atoms with Crippen molar-refractivity contribution < 1.29 is 9.72 Å². The molecule has 5 nitrogen and oxygen atoms in total. The number of anilines is 1. The van der Waals surface area contributed by atoms with Gasteiger partial charge in [0.1, 0.15) is 4.88 Å². The van der Waals surface area contributed by atoms with Crippen molar-refractivity contribution in [3.05, 3.63) is 68.0 Å². The number of fused-ring (bicyclic) bond motifs is 1. The summed E-state index contributed by atoms with van der Waals surface area (Å²) in [6, 6.07) is 11.6. The SMILES string of the molecule is Cc1ccc2c(Cl)c(C(=O)Nc3cccc([N+](=O)[O-])c3)sc2c1. The molecule has 1 amide bonds. The van der Waals surface area contributed by atoms with E-state index in [9.17, 15) is 14.9 Å². The molecule has 116 valence electrons. The quantitative estimate of drug-likeness (QED) is 0.534. The number of non-ortho nitro benzene ring substituents is 1. The van der Waals surface area contributed by atoms with Crippen LogP contribution in [-0.4, -0.2) is 10.8 Å².